The Morgan fingerprint density at radius 1 is 1.29 bits per heavy atom. The van der Waals surface area contributed by atoms with Crippen LogP contribution in [0, 0.1) is 5.92 Å². The number of carbonyl (C=O) groups is 2. The van der Waals surface area contributed by atoms with Crippen molar-refractivity contribution in [1.82, 2.24) is 5.32 Å². The zero-order chi connectivity index (χ0) is 17.5. The minimum atomic E-state index is -1.61. The van der Waals surface area contributed by atoms with Crippen molar-refractivity contribution in [3.63, 3.8) is 0 Å². The number of carbonyl (C=O) groups excluding carboxylic acids is 2. The summed E-state index contributed by atoms with van der Waals surface area (Å²) in [5, 5.41) is 3.19. The molecule has 1 aliphatic heterocycles. The first-order valence-corrected chi connectivity index (χ1v) is 9.45. The first-order chi connectivity index (χ1) is 11.4. The van der Waals surface area contributed by atoms with E-state index in [1.165, 1.54) is 13.2 Å². The third-order valence-corrected chi connectivity index (χ3v) is 6.38. The predicted molar refractivity (Wildman–Crippen MR) is 91.1 cm³/mol. The molecule has 7 heteroatoms. The van der Waals surface area contributed by atoms with Crippen molar-refractivity contribution >= 4 is 34.4 Å². The van der Waals surface area contributed by atoms with Crippen molar-refractivity contribution in [2.75, 3.05) is 7.11 Å². The van der Waals surface area contributed by atoms with Gasteiger partial charge in [-0.25, -0.2) is 4.21 Å². The van der Waals surface area contributed by atoms with Crippen molar-refractivity contribution in [2.45, 2.75) is 49.0 Å². The van der Waals surface area contributed by atoms with Crippen molar-refractivity contribution < 1.29 is 18.0 Å². The molecule has 1 saturated heterocycles. The summed E-state index contributed by atoms with van der Waals surface area (Å²) in [6.07, 6.45) is 3.22. The summed E-state index contributed by atoms with van der Waals surface area (Å²) in [4.78, 5) is 25.9. The Morgan fingerprint density at radius 3 is 2.54 bits per heavy atom. The number of Topliss-reactive ketones (excluding diaryl/α,β-unsaturated/α-hetero) is 1. The van der Waals surface area contributed by atoms with E-state index in [1.807, 2.05) is 0 Å². The van der Waals surface area contributed by atoms with Crippen LogP contribution in [0.15, 0.2) is 23.1 Å². The van der Waals surface area contributed by atoms with Gasteiger partial charge in [-0.15, -0.1) is 0 Å². The number of halogens is 1. The molecule has 1 aromatic rings. The van der Waals surface area contributed by atoms with Gasteiger partial charge in [0.2, 0.25) is 5.91 Å². The average Bonchev–Trinajstić information content (AvgIpc) is 2.80. The maximum Gasteiger partial charge on any atom is 0.236 e. The average molecular weight is 370 g/mol. The molecule has 0 aromatic heterocycles. The van der Waals surface area contributed by atoms with Gasteiger partial charge >= 0.3 is 0 Å². The van der Waals surface area contributed by atoms with Gasteiger partial charge < -0.3 is 5.32 Å². The molecule has 1 amide bonds. The summed E-state index contributed by atoms with van der Waals surface area (Å²) in [5.41, 5.74) is -0.280. The Morgan fingerprint density at radius 2 is 1.96 bits per heavy atom. The third kappa shape index (κ3) is 2.91. The summed E-state index contributed by atoms with van der Waals surface area (Å²) in [7, 11) is 1.33. The van der Waals surface area contributed by atoms with Gasteiger partial charge in [0.1, 0.15) is 5.92 Å². The highest BCUT2D eigenvalue weighted by Crippen LogP contribution is 2.42. The van der Waals surface area contributed by atoms with Crippen molar-refractivity contribution in [2.24, 2.45) is 5.92 Å². The van der Waals surface area contributed by atoms with Crippen molar-refractivity contribution in [3.8, 4) is 0 Å². The lowest BCUT2D eigenvalue weighted by Gasteiger charge is -2.34. The SMILES string of the molecule is COS(=O)c1ccc(C2C(=O)NC3(CCC(C)CC3)C2=O)c(Cl)c1. The highest BCUT2D eigenvalue weighted by molar-refractivity contribution is 7.80. The minimum Gasteiger partial charge on any atom is -0.343 e. The normalized spacial score (nSPS) is 31.3. The Balaban J connectivity index is 1.91. The van der Waals surface area contributed by atoms with Gasteiger partial charge in [-0.3, -0.25) is 13.8 Å². The molecular weight excluding hydrogens is 350 g/mol. The molecule has 1 aromatic carbocycles. The molecule has 1 spiro atoms. The molecule has 1 N–H and O–H groups in total. The van der Waals surface area contributed by atoms with Gasteiger partial charge in [-0.1, -0.05) is 24.6 Å². The van der Waals surface area contributed by atoms with Crippen LogP contribution < -0.4 is 5.32 Å². The highest BCUT2D eigenvalue weighted by Gasteiger charge is 2.54. The molecule has 3 rings (SSSR count). The molecular formula is C17H20ClNO4S. The second-order valence-corrected chi connectivity index (χ2v) is 8.32. The lowest BCUT2D eigenvalue weighted by molar-refractivity contribution is -0.126. The second-order valence-electron chi connectivity index (χ2n) is 6.64. The van der Waals surface area contributed by atoms with E-state index in [-0.39, 0.29) is 16.7 Å². The summed E-state index contributed by atoms with van der Waals surface area (Å²) in [5.74, 6) is -0.707. The number of hydrogen-bond acceptors (Lipinski definition) is 4. The summed E-state index contributed by atoms with van der Waals surface area (Å²) in [6, 6.07) is 4.67. The number of hydrogen-bond donors (Lipinski definition) is 1. The zero-order valence-corrected chi connectivity index (χ0v) is 15.2. The Hall–Kier alpha value is -1.24. The molecule has 2 atom stereocenters. The maximum absolute atomic E-state index is 13.0. The van der Waals surface area contributed by atoms with Crippen LogP contribution in [0.5, 0.6) is 0 Å². The molecule has 1 aliphatic carbocycles. The van der Waals surface area contributed by atoms with Crippen LogP contribution in [0.25, 0.3) is 0 Å². The van der Waals surface area contributed by atoms with Crippen molar-refractivity contribution in [1.29, 1.82) is 0 Å². The smallest absolute Gasteiger partial charge is 0.236 e. The van der Waals surface area contributed by atoms with Gasteiger partial charge in [0, 0.05) is 5.02 Å². The van der Waals surface area contributed by atoms with Gasteiger partial charge in [-0.2, -0.15) is 0 Å². The van der Waals surface area contributed by atoms with E-state index >= 15 is 0 Å². The molecule has 24 heavy (non-hydrogen) atoms. The monoisotopic (exact) mass is 369 g/mol. The van der Waals surface area contributed by atoms with E-state index in [0.29, 0.717) is 29.2 Å². The Kier molecular flexibility index (Phi) is 4.82. The van der Waals surface area contributed by atoms with E-state index in [0.717, 1.165) is 12.8 Å². The standard InChI is InChI=1S/C17H20ClNO4S/c1-10-5-7-17(8-6-10)15(20)14(16(21)19-17)12-4-3-11(9-13(12)18)24(22)23-2/h3-4,9-10,14H,5-8H2,1-2H3,(H,19,21). The second kappa shape index (κ2) is 6.58. The first kappa shape index (κ1) is 17.6. The molecule has 1 saturated carbocycles. The van der Waals surface area contributed by atoms with Crippen LogP contribution in [0.3, 0.4) is 0 Å². The topological polar surface area (TPSA) is 72.5 Å². The van der Waals surface area contributed by atoms with Gasteiger partial charge in [0.15, 0.2) is 16.9 Å². The van der Waals surface area contributed by atoms with Crippen LogP contribution in [0.4, 0.5) is 0 Å². The summed E-state index contributed by atoms with van der Waals surface area (Å²) in [6.45, 7) is 2.16. The fourth-order valence-corrected chi connectivity index (χ4v) is 4.56. The highest BCUT2D eigenvalue weighted by atomic mass is 35.5. The lowest BCUT2D eigenvalue weighted by Crippen LogP contribution is -2.48. The van der Waals surface area contributed by atoms with E-state index < -0.39 is 22.5 Å². The molecule has 2 unspecified atom stereocenters. The van der Waals surface area contributed by atoms with Crippen LogP contribution in [-0.4, -0.2) is 28.5 Å². The zero-order valence-electron chi connectivity index (χ0n) is 13.6. The molecule has 2 fully saturated rings. The quantitative estimate of drug-likeness (QED) is 0.831. The number of nitrogens with one attached hydrogen (secondary N) is 1. The minimum absolute atomic E-state index is 0.0955. The molecule has 130 valence electrons. The van der Waals surface area contributed by atoms with Gasteiger partial charge in [0.25, 0.3) is 0 Å². The van der Waals surface area contributed by atoms with Crippen LogP contribution in [-0.2, 0) is 24.9 Å². The lowest BCUT2D eigenvalue weighted by atomic mass is 9.74. The van der Waals surface area contributed by atoms with Crippen molar-refractivity contribution in [3.05, 3.63) is 28.8 Å². The number of amides is 1. The largest absolute Gasteiger partial charge is 0.343 e. The predicted octanol–water partition coefficient (Wildman–Crippen LogP) is 2.74. The number of ketones is 1. The van der Waals surface area contributed by atoms with E-state index in [2.05, 4.69) is 12.2 Å². The fraction of sp³-hybridized carbons (Fsp3) is 0.529. The van der Waals surface area contributed by atoms with Gasteiger partial charge in [-0.05, 0) is 49.3 Å². The van der Waals surface area contributed by atoms with Crippen LogP contribution in [0.2, 0.25) is 5.02 Å². The van der Waals surface area contributed by atoms with Crippen LogP contribution in [0.1, 0.15) is 44.1 Å². The Bertz CT molecular complexity index is 713. The third-order valence-electron chi connectivity index (χ3n) is 5.11. The molecule has 1 heterocycles. The first-order valence-electron chi connectivity index (χ1n) is 8.00. The van der Waals surface area contributed by atoms with Crippen LogP contribution >= 0.6 is 11.6 Å². The molecule has 0 bridgehead atoms. The molecule has 5 nitrogen and oxygen atoms in total. The number of benzene rings is 1. The fourth-order valence-electron chi connectivity index (χ4n) is 3.62. The van der Waals surface area contributed by atoms with E-state index in [9.17, 15) is 13.8 Å². The molecule has 0 radical (unpaired) electrons. The van der Waals surface area contributed by atoms with E-state index in [1.54, 1.807) is 12.1 Å². The Labute approximate surface area is 148 Å². The summed E-state index contributed by atoms with van der Waals surface area (Å²) >= 11 is 4.66. The maximum atomic E-state index is 13.0. The van der Waals surface area contributed by atoms with E-state index in [4.69, 9.17) is 15.8 Å². The summed E-state index contributed by atoms with van der Waals surface area (Å²) < 4.78 is 16.5. The number of rotatable bonds is 3. The molecule has 2 aliphatic rings. The van der Waals surface area contributed by atoms with Gasteiger partial charge in [0.05, 0.1) is 17.5 Å².